The van der Waals surface area contributed by atoms with Gasteiger partial charge in [-0.25, -0.2) is 0 Å². The van der Waals surface area contributed by atoms with Crippen LogP contribution in [-0.4, -0.2) is 17.7 Å². The van der Waals surface area contributed by atoms with Crippen molar-refractivity contribution < 1.29 is 18.7 Å². The molecule has 2 heterocycles. The molecule has 0 saturated heterocycles. The molecule has 0 unspecified atom stereocenters. The Hall–Kier alpha value is -2.36. The van der Waals surface area contributed by atoms with Gasteiger partial charge < -0.3 is 9.15 Å². The second-order valence-electron chi connectivity index (χ2n) is 4.74. The maximum Gasteiger partial charge on any atom is 0.212 e. The largest absolute Gasteiger partial charge is 0.488 e. The minimum atomic E-state index is -0.832. The highest BCUT2D eigenvalue weighted by atomic mass is 16.5. The lowest BCUT2D eigenvalue weighted by atomic mass is 9.84. The first-order valence-corrected chi connectivity index (χ1v) is 6.60. The van der Waals surface area contributed by atoms with Gasteiger partial charge in [-0.3, -0.25) is 9.59 Å². The smallest absolute Gasteiger partial charge is 0.212 e. The van der Waals surface area contributed by atoms with E-state index >= 15 is 0 Å². The van der Waals surface area contributed by atoms with Gasteiger partial charge in [0.15, 0.2) is 11.5 Å². The number of carbonyl (C=O) groups excluding carboxylic acids is 2. The number of ketones is 2. The Balaban J connectivity index is 2.02. The topological polar surface area (TPSA) is 56.5 Å². The van der Waals surface area contributed by atoms with Gasteiger partial charge in [-0.05, 0) is 30.7 Å². The predicted molar refractivity (Wildman–Crippen MR) is 72.0 cm³/mol. The fourth-order valence-electron chi connectivity index (χ4n) is 2.52. The van der Waals surface area contributed by atoms with Crippen molar-refractivity contribution in [3.05, 3.63) is 54.0 Å². The number of benzene rings is 1. The summed E-state index contributed by atoms with van der Waals surface area (Å²) in [5.74, 6) is -0.597. The second kappa shape index (κ2) is 4.96. The predicted octanol–water partition coefficient (Wildman–Crippen LogP) is 3.13. The zero-order chi connectivity index (χ0) is 14.1. The highest BCUT2D eigenvalue weighted by Crippen LogP contribution is 2.33. The maximum absolute atomic E-state index is 12.6. The molecule has 2 atom stereocenters. The monoisotopic (exact) mass is 270 g/mol. The number of Topliss-reactive ketones (excluding diaryl/α,β-unsaturated/α-hetero) is 2. The minimum absolute atomic E-state index is 0.194. The molecule has 4 nitrogen and oxygen atoms in total. The summed E-state index contributed by atoms with van der Waals surface area (Å²) in [6.45, 7) is 1.90. The van der Waals surface area contributed by atoms with E-state index in [1.165, 1.54) is 6.26 Å². The lowest BCUT2D eigenvalue weighted by Crippen LogP contribution is -2.42. The first kappa shape index (κ1) is 12.7. The average Bonchev–Trinajstić information content (AvgIpc) is 3.00. The van der Waals surface area contributed by atoms with Gasteiger partial charge in [-0.2, -0.15) is 0 Å². The van der Waals surface area contributed by atoms with Crippen LogP contribution in [0.25, 0.3) is 0 Å². The lowest BCUT2D eigenvalue weighted by molar-refractivity contribution is 0.0549. The van der Waals surface area contributed by atoms with Gasteiger partial charge in [0.2, 0.25) is 5.78 Å². The molecule has 2 aromatic rings. The van der Waals surface area contributed by atoms with E-state index in [2.05, 4.69) is 0 Å². The van der Waals surface area contributed by atoms with Gasteiger partial charge in [-0.1, -0.05) is 19.1 Å². The van der Waals surface area contributed by atoms with Crippen LogP contribution in [0.15, 0.2) is 47.1 Å². The van der Waals surface area contributed by atoms with Crippen molar-refractivity contribution in [2.75, 3.05) is 0 Å². The fraction of sp³-hybridized carbons (Fsp3) is 0.250. The summed E-state index contributed by atoms with van der Waals surface area (Å²) in [5, 5.41) is 0. The standard InChI is InChI=1S/C16H14O4/c1-2-11-14(16(18)13-8-5-9-19-13)15(17)10-6-3-4-7-12(10)20-11/h3-9,11,14H,2H2,1H3/t11-,14-/m1/s1. The summed E-state index contributed by atoms with van der Waals surface area (Å²) in [5.41, 5.74) is 0.460. The number of para-hydroxylation sites is 1. The fourth-order valence-corrected chi connectivity index (χ4v) is 2.52. The zero-order valence-corrected chi connectivity index (χ0v) is 11.0. The SMILES string of the molecule is CC[C@H]1Oc2ccccc2C(=O)[C@@H]1C(=O)c1ccco1. The van der Waals surface area contributed by atoms with Crippen molar-refractivity contribution in [3.63, 3.8) is 0 Å². The number of carbonyl (C=O) groups is 2. The molecule has 0 fully saturated rings. The van der Waals surface area contributed by atoms with E-state index in [4.69, 9.17) is 9.15 Å². The Kier molecular flexibility index (Phi) is 3.14. The zero-order valence-electron chi connectivity index (χ0n) is 11.0. The Bertz CT molecular complexity index is 642. The van der Waals surface area contributed by atoms with Gasteiger partial charge in [0.1, 0.15) is 17.8 Å². The summed E-state index contributed by atoms with van der Waals surface area (Å²) < 4.78 is 10.9. The number of furan rings is 1. The molecule has 3 rings (SSSR count). The summed E-state index contributed by atoms with van der Waals surface area (Å²) in [6.07, 6.45) is 1.56. The summed E-state index contributed by atoms with van der Waals surface area (Å²) in [7, 11) is 0. The van der Waals surface area contributed by atoms with E-state index in [0.717, 1.165) is 0 Å². The summed E-state index contributed by atoms with van der Waals surface area (Å²) in [6, 6.07) is 10.2. The Morgan fingerprint density at radius 1 is 1.20 bits per heavy atom. The number of fused-ring (bicyclic) bond motifs is 1. The van der Waals surface area contributed by atoms with Crippen LogP contribution in [0.1, 0.15) is 34.3 Å². The van der Waals surface area contributed by atoms with Crippen molar-refractivity contribution in [3.8, 4) is 5.75 Å². The number of rotatable bonds is 3. The molecular formula is C16H14O4. The Morgan fingerprint density at radius 3 is 2.70 bits per heavy atom. The van der Waals surface area contributed by atoms with Crippen LogP contribution in [-0.2, 0) is 0 Å². The van der Waals surface area contributed by atoms with Crippen LogP contribution in [0.4, 0.5) is 0 Å². The quantitative estimate of drug-likeness (QED) is 0.635. The third-order valence-electron chi connectivity index (χ3n) is 3.53. The molecule has 0 N–H and O–H groups in total. The number of ether oxygens (including phenoxy) is 1. The van der Waals surface area contributed by atoms with Crippen LogP contribution < -0.4 is 4.74 Å². The molecule has 1 aromatic heterocycles. The van der Waals surface area contributed by atoms with Crippen molar-refractivity contribution in [1.82, 2.24) is 0 Å². The summed E-state index contributed by atoms with van der Waals surface area (Å²) >= 11 is 0. The van der Waals surface area contributed by atoms with E-state index in [9.17, 15) is 9.59 Å². The maximum atomic E-state index is 12.6. The normalized spacial score (nSPS) is 21.1. The van der Waals surface area contributed by atoms with E-state index in [0.29, 0.717) is 17.7 Å². The Morgan fingerprint density at radius 2 is 2.00 bits per heavy atom. The van der Waals surface area contributed by atoms with Gasteiger partial charge >= 0.3 is 0 Å². The second-order valence-corrected chi connectivity index (χ2v) is 4.74. The van der Waals surface area contributed by atoms with E-state index in [1.807, 2.05) is 13.0 Å². The van der Waals surface area contributed by atoms with Crippen LogP contribution in [0, 0.1) is 5.92 Å². The molecule has 4 heteroatoms. The lowest BCUT2D eigenvalue weighted by Gasteiger charge is -2.30. The first-order chi connectivity index (χ1) is 9.72. The third-order valence-corrected chi connectivity index (χ3v) is 3.53. The van der Waals surface area contributed by atoms with Gasteiger partial charge in [0, 0.05) is 0 Å². The van der Waals surface area contributed by atoms with Gasteiger partial charge in [-0.15, -0.1) is 0 Å². The molecular weight excluding hydrogens is 256 g/mol. The van der Waals surface area contributed by atoms with Crippen LogP contribution >= 0.6 is 0 Å². The molecule has 1 aromatic carbocycles. The highest BCUT2D eigenvalue weighted by molar-refractivity contribution is 6.17. The van der Waals surface area contributed by atoms with E-state index in [-0.39, 0.29) is 17.3 Å². The molecule has 0 radical (unpaired) electrons. The highest BCUT2D eigenvalue weighted by Gasteiger charge is 2.42. The van der Waals surface area contributed by atoms with Gasteiger partial charge in [0.25, 0.3) is 0 Å². The van der Waals surface area contributed by atoms with Crippen molar-refractivity contribution in [2.45, 2.75) is 19.4 Å². The molecule has 102 valence electrons. The Labute approximate surface area is 116 Å². The molecule has 0 bridgehead atoms. The molecule has 0 spiro atoms. The third kappa shape index (κ3) is 1.93. The molecule has 0 amide bonds. The first-order valence-electron chi connectivity index (χ1n) is 6.60. The van der Waals surface area contributed by atoms with E-state index < -0.39 is 12.0 Å². The van der Waals surface area contributed by atoms with E-state index in [1.54, 1.807) is 30.3 Å². The van der Waals surface area contributed by atoms with Crippen LogP contribution in [0.2, 0.25) is 0 Å². The molecule has 20 heavy (non-hydrogen) atoms. The average molecular weight is 270 g/mol. The minimum Gasteiger partial charge on any atom is -0.488 e. The summed E-state index contributed by atoms with van der Waals surface area (Å²) in [4.78, 5) is 25.0. The van der Waals surface area contributed by atoms with Crippen LogP contribution in [0.3, 0.4) is 0 Å². The number of hydrogen-bond donors (Lipinski definition) is 0. The molecule has 1 aliphatic rings. The van der Waals surface area contributed by atoms with Gasteiger partial charge in [0.05, 0.1) is 11.8 Å². The molecule has 1 aliphatic heterocycles. The van der Waals surface area contributed by atoms with Crippen molar-refractivity contribution in [1.29, 1.82) is 0 Å². The number of hydrogen-bond acceptors (Lipinski definition) is 4. The van der Waals surface area contributed by atoms with Crippen LogP contribution in [0.5, 0.6) is 5.75 Å². The van der Waals surface area contributed by atoms with Crippen molar-refractivity contribution in [2.24, 2.45) is 5.92 Å². The molecule has 0 saturated carbocycles. The van der Waals surface area contributed by atoms with Crippen molar-refractivity contribution >= 4 is 11.6 Å². The molecule has 0 aliphatic carbocycles.